The third-order valence-electron chi connectivity index (χ3n) is 2.95. The van der Waals surface area contributed by atoms with Gasteiger partial charge in [-0.25, -0.2) is 18.2 Å². The molecule has 7 nitrogen and oxygen atoms in total. The van der Waals surface area contributed by atoms with E-state index in [1.165, 1.54) is 4.57 Å². The molecule has 2 heterocycles. The predicted octanol–water partition coefficient (Wildman–Crippen LogP) is 0.347. The molecule has 100 valence electrons. The summed E-state index contributed by atoms with van der Waals surface area (Å²) in [7, 11) is 1.24. The van der Waals surface area contributed by atoms with Crippen molar-refractivity contribution in [2.45, 2.75) is 23.8 Å². The molecular weight excluding hydrogens is 294 g/mol. The van der Waals surface area contributed by atoms with Gasteiger partial charge in [0.2, 0.25) is 0 Å². The van der Waals surface area contributed by atoms with Crippen LogP contribution in [0.1, 0.15) is 18.9 Å². The lowest BCUT2D eigenvalue weighted by molar-refractivity contribution is 0.609. The Hall–Kier alpha value is -1.67. The molecule has 0 radical (unpaired) electrons. The molecule has 9 heteroatoms. The SMILES string of the molecule is O=c1[nH]c(=O)n(C2CC2)c2ncc(S(=O)(=O)Cl)cc12. The molecule has 2 aromatic rings. The Bertz CT molecular complexity index is 895. The van der Waals surface area contributed by atoms with Gasteiger partial charge >= 0.3 is 5.69 Å². The van der Waals surface area contributed by atoms with Crippen LogP contribution >= 0.6 is 10.7 Å². The quantitative estimate of drug-likeness (QED) is 0.806. The van der Waals surface area contributed by atoms with Gasteiger partial charge in [0.05, 0.1) is 5.39 Å². The van der Waals surface area contributed by atoms with Crippen molar-refractivity contribution in [2.75, 3.05) is 0 Å². The first kappa shape index (κ1) is 12.4. The Balaban J connectivity index is 2.42. The van der Waals surface area contributed by atoms with Crippen LogP contribution in [0.3, 0.4) is 0 Å². The Labute approximate surface area is 111 Å². The largest absolute Gasteiger partial charge is 0.330 e. The van der Waals surface area contributed by atoms with Crippen molar-refractivity contribution in [1.82, 2.24) is 14.5 Å². The van der Waals surface area contributed by atoms with Gasteiger partial charge in [-0.2, -0.15) is 0 Å². The highest BCUT2D eigenvalue weighted by Gasteiger charge is 2.28. The first-order valence-corrected chi connectivity index (χ1v) is 7.78. The van der Waals surface area contributed by atoms with Gasteiger partial charge < -0.3 is 0 Å². The van der Waals surface area contributed by atoms with Crippen LogP contribution in [0, 0.1) is 0 Å². The molecule has 1 aliphatic rings. The molecule has 1 N–H and O–H groups in total. The number of nitrogens with one attached hydrogen (secondary N) is 1. The zero-order valence-corrected chi connectivity index (χ0v) is 11.0. The Kier molecular flexibility index (Phi) is 2.55. The van der Waals surface area contributed by atoms with Gasteiger partial charge in [-0.05, 0) is 18.9 Å². The molecule has 0 aromatic carbocycles. The lowest BCUT2D eigenvalue weighted by atomic mass is 10.3. The van der Waals surface area contributed by atoms with E-state index in [1.807, 2.05) is 0 Å². The Morgan fingerprint density at radius 2 is 2.05 bits per heavy atom. The van der Waals surface area contributed by atoms with E-state index >= 15 is 0 Å². The number of nitrogens with zero attached hydrogens (tertiary/aromatic N) is 2. The van der Waals surface area contributed by atoms with E-state index < -0.39 is 20.3 Å². The highest BCUT2D eigenvalue weighted by Crippen LogP contribution is 2.34. The summed E-state index contributed by atoms with van der Waals surface area (Å²) in [6.07, 6.45) is 2.71. The minimum atomic E-state index is -3.97. The summed E-state index contributed by atoms with van der Waals surface area (Å²) >= 11 is 0. The molecule has 2 aromatic heterocycles. The third-order valence-corrected chi connectivity index (χ3v) is 4.27. The lowest BCUT2D eigenvalue weighted by Gasteiger charge is -2.07. The van der Waals surface area contributed by atoms with Crippen molar-refractivity contribution in [1.29, 1.82) is 0 Å². The number of aromatic amines is 1. The molecule has 0 atom stereocenters. The highest BCUT2D eigenvalue weighted by molar-refractivity contribution is 8.13. The molecule has 3 rings (SSSR count). The van der Waals surface area contributed by atoms with Gasteiger partial charge in [-0.15, -0.1) is 0 Å². The Morgan fingerprint density at radius 3 is 2.63 bits per heavy atom. The fraction of sp³-hybridized carbons (Fsp3) is 0.300. The van der Waals surface area contributed by atoms with Gasteiger partial charge in [0.1, 0.15) is 10.5 Å². The molecule has 0 spiro atoms. The summed E-state index contributed by atoms with van der Waals surface area (Å²) in [5, 5.41) is 0.0354. The lowest BCUT2D eigenvalue weighted by Crippen LogP contribution is -2.30. The molecule has 0 unspecified atom stereocenters. The van der Waals surface area contributed by atoms with E-state index in [1.54, 1.807) is 0 Å². The number of hydrogen-bond acceptors (Lipinski definition) is 5. The van der Waals surface area contributed by atoms with E-state index in [0.717, 1.165) is 25.1 Å². The van der Waals surface area contributed by atoms with Crippen LogP contribution in [-0.4, -0.2) is 23.0 Å². The summed E-state index contributed by atoms with van der Waals surface area (Å²) < 4.78 is 23.8. The third kappa shape index (κ3) is 2.06. The van der Waals surface area contributed by atoms with Gasteiger partial charge in [0.15, 0.2) is 0 Å². The van der Waals surface area contributed by atoms with Gasteiger partial charge in [0, 0.05) is 22.9 Å². The topological polar surface area (TPSA) is 102 Å². The summed E-state index contributed by atoms with van der Waals surface area (Å²) in [6, 6.07) is 1.14. The van der Waals surface area contributed by atoms with E-state index in [2.05, 4.69) is 9.97 Å². The summed E-state index contributed by atoms with van der Waals surface area (Å²) in [5.41, 5.74) is -1.03. The molecule has 1 saturated carbocycles. The van der Waals surface area contributed by atoms with Gasteiger partial charge in [-0.3, -0.25) is 14.3 Å². The summed E-state index contributed by atoms with van der Waals surface area (Å²) in [4.78, 5) is 29.3. The molecule has 19 heavy (non-hydrogen) atoms. The predicted molar refractivity (Wildman–Crippen MR) is 67.9 cm³/mol. The first-order chi connectivity index (χ1) is 8.88. The van der Waals surface area contributed by atoms with Gasteiger partial charge in [0.25, 0.3) is 14.6 Å². The second-order valence-corrected chi connectivity index (χ2v) is 6.91. The van der Waals surface area contributed by atoms with Crippen LogP contribution in [-0.2, 0) is 9.05 Å². The summed E-state index contributed by atoms with van der Waals surface area (Å²) in [5.74, 6) is 0. The molecule has 0 amide bonds. The first-order valence-electron chi connectivity index (χ1n) is 5.47. The van der Waals surface area contributed by atoms with Crippen molar-refractivity contribution in [3.63, 3.8) is 0 Å². The molecular formula is C10H8ClN3O4S. The molecule has 1 aliphatic carbocycles. The monoisotopic (exact) mass is 301 g/mol. The maximum absolute atomic E-state index is 11.7. The van der Waals surface area contributed by atoms with Crippen LogP contribution in [0.5, 0.6) is 0 Å². The molecule has 1 fully saturated rings. The van der Waals surface area contributed by atoms with Crippen molar-refractivity contribution < 1.29 is 8.42 Å². The zero-order valence-electron chi connectivity index (χ0n) is 9.46. The van der Waals surface area contributed by atoms with Crippen molar-refractivity contribution >= 4 is 30.8 Å². The van der Waals surface area contributed by atoms with Crippen LogP contribution in [0.15, 0.2) is 26.7 Å². The average molecular weight is 302 g/mol. The minimum Gasteiger partial charge on any atom is -0.274 e. The average Bonchev–Trinajstić information content (AvgIpc) is 3.11. The Morgan fingerprint density at radius 1 is 1.37 bits per heavy atom. The zero-order chi connectivity index (χ0) is 13.8. The number of pyridine rings is 1. The van der Waals surface area contributed by atoms with E-state index in [9.17, 15) is 18.0 Å². The molecule has 0 aliphatic heterocycles. The fourth-order valence-corrected chi connectivity index (χ4v) is 2.61. The fourth-order valence-electron chi connectivity index (χ4n) is 1.92. The second kappa shape index (κ2) is 3.91. The van der Waals surface area contributed by atoms with E-state index in [-0.39, 0.29) is 22.0 Å². The normalized spacial score (nSPS) is 15.8. The van der Waals surface area contributed by atoms with Crippen LogP contribution in [0.4, 0.5) is 0 Å². The van der Waals surface area contributed by atoms with Crippen molar-refractivity contribution in [3.05, 3.63) is 33.1 Å². The number of aromatic nitrogens is 3. The molecule has 0 bridgehead atoms. The molecule has 0 saturated heterocycles. The van der Waals surface area contributed by atoms with Crippen LogP contribution < -0.4 is 11.2 Å². The summed E-state index contributed by atoms with van der Waals surface area (Å²) in [6.45, 7) is 0. The standard InChI is InChI=1S/C10H8ClN3O4S/c11-19(17,18)6-3-7-8(12-4-6)14(5-1-2-5)10(16)13-9(7)15/h3-5H,1-2H2,(H,13,15,16). The van der Waals surface area contributed by atoms with Gasteiger partial charge in [-0.1, -0.05) is 0 Å². The minimum absolute atomic E-state index is 0.0119. The maximum atomic E-state index is 11.7. The highest BCUT2D eigenvalue weighted by atomic mass is 35.7. The number of H-pyrrole nitrogens is 1. The van der Waals surface area contributed by atoms with Crippen LogP contribution in [0.25, 0.3) is 11.0 Å². The van der Waals surface area contributed by atoms with Crippen molar-refractivity contribution in [2.24, 2.45) is 0 Å². The smallest absolute Gasteiger partial charge is 0.274 e. The van der Waals surface area contributed by atoms with Crippen LogP contribution in [0.2, 0.25) is 0 Å². The number of rotatable bonds is 2. The maximum Gasteiger partial charge on any atom is 0.330 e. The van der Waals surface area contributed by atoms with Crippen molar-refractivity contribution in [3.8, 4) is 0 Å². The van der Waals surface area contributed by atoms with E-state index in [0.29, 0.717) is 0 Å². The number of fused-ring (bicyclic) bond motifs is 1. The van der Waals surface area contributed by atoms with E-state index in [4.69, 9.17) is 10.7 Å². The number of halogens is 1. The second-order valence-electron chi connectivity index (χ2n) is 4.34. The number of hydrogen-bond donors (Lipinski definition) is 1.